The Balaban J connectivity index is 1.91. The number of oxazole rings is 1. The van der Waals surface area contributed by atoms with E-state index in [1.54, 1.807) is 24.9 Å². The predicted molar refractivity (Wildman–Crippen MR) is 42.4 cm³/mol. The van der Waals surface area contributed by atoms with E-state index in [1.807, 2.05) is 0 Å². The molecule has 0 unspecified atom stereocenters. The van der Waals surface area contributed by atoms with E-state index in [2.05, 4.69) is 20.3 Å². The summed E-state index contributed by atoms with van der Waals surface area (Å²) in [6, 6.07) is 0. The lowest BCUT2D eigenvalue weighted by molar-refractivity contribution is 0.503. The molecule has 0 spiro atoms. The second-order valence-electron chi connectivity index (χ2n) is 2.22. The van der Waals surface area contributed by atoms with Crippen LogP contribution in [-0.2, 0) is 6.54 Å². The molecule has 2 aromatic rings. The van der Waals surface area contributed by atoms with Gasteiger partial charge < -0.3 is 14.7 Å². The van der Waals surface area contributed by atoms with Crippen molar-refractivity contribution in [1.29, 1.82) is 0 Å². The summed E-state index contributed by atoms with van der Waals surface area (Å²) in [6.07, 6.45) is 6.58. The minimum Gasteiger partial charge on any atom is -0.447 e. The van der Waals surface area contributed by atoms with Gasteiger partial charge in [0.1, 0.15) is 6.26 Å². The zero-order valence-electron chi connectivity index (χ0n) is 6.32. The second kappa shape index (κ2) is 3.08. The van der Waals surface area contributed by atoms with Crippen molar-refractivity contribution in [2.75, 3.05) is 5.32 Å². The molecule has 0 bridgehead atoms. The molecule has 5 heteroatoms. The Bertz CT molecular complexity index is 279. The van der Waals surface area contributed by atoms with Crippen LogP contribution in [0.3, 0.4) is 0 Å². The number of hydrogen-bond donors (Lipinski definition) is 2. The molecule has 0 saturated heterocycles. The Labute approximate surface area is 68.8 Å². The van der Waals surface area contributed by atoms with Crippen molar-refractivity contribution in [3.05, 3.63) is 30.7 Å². The summed E-state index contributed by atoms with van der Waals surface area (Å²) >= 11 is 0. The van der Waals surface area contributed by atoms with Crippen LogP contribution in [0.4, 0.5) is 5.95 Å². The average Bonchev–Trinajstić information content (AvgIpc) is 2.74. The summed E-state index contributed by atoms with van der Waals surface area (Å²) in [4.78, 5) is 10.8. The monoisotopic (exact) mass is 164 g/mol. The molecule has 12 heavy (non-hydrogen) atoms. The molecule has 0 aromatic carbocycles. The minimum atomic E-state index is 0.542. The number of nitrogens with zero attached hydrogens (tertiary/aromatic N) is 2. The van der Waals surface area contributed by atoms with Crippen LogP contribution >= 0.6 is 0 Å². The Kier molecular flexibility index (Phi) is 1.77. The largest absolute Gasteiger partial charge is 0.447 e. The number of nitrogens with one attached hydrogen (secondary N) is 2. The summed E-state index contributed by atoms with van der Waals surface area (Å²) in [5.41, 5.74) is 0. The normalized spacial score (nSPS) is 10.0. The van der Waals surface area contributed by atoms with E-state index in [-0.39, 0.29) is 0 Å². The van der Waals surface area contributed by atoms with Crippen LogP contribution < -0.4 is 5.32 Å². The third-order valence-electron chi connectivity index (χ3n) is 1.39. The number of imidazole rings is 1. The summed E-state index contributed by atoms with van der Waals surface area (Å²) < 4.78 is 5.02. The van der Waals surface area contributed by atoms with Crippen molar-refractivity contribution in [2.45, 2.75) is 6.54 Å². The van der Waals surface area contributed by atoms with Gasteiger partial charge >= 0.3 is 0 Å². The molecule has 0 aliphatic rings. The minimum absolute atomic E-state index is 0.542. The van der Waals surface area contributed by atoms with Gasteiger partial charge in [-0.15, -0.1) is 0 Å². The van der Waals surface area contributed by atoms with Crippen LogP contribution in [0.15, 0.2) is 29.3 Å². The Morgan fingerprint density at radius 3 is 3.08 bits per heavy atom. The molecule has 0 amide bonds. The fourth-order valence-corrected chi connectivity index (χ4v) is 0.862. The van der Waals surface area contributed by atoms with Gasteiger partial charge in [-0.3, -0.25) is 0 Å². The number of aromatic amines is 1. The fraction of sp³-hybridized carbons (Fsp3) is 0.143. The third-order valence-corrected chi connectivity index (χ3v) is 1.39. The molecule has 0 radical (unpaired) electrons. The van der Waals surface area contributed by atoms with Gasteiger partial charge in [-0.25, -0.2) is 9.97 Å². The molecule has 62 valence electrons. The van der Waals surface area contributed by atoms with Crippen LogP contribution in [0.1, 0.15) is 5.89 Å². The summed E-state index contributed by atoms with van der Waals surface area (Å²) in [6.45, 7) is 0.542. The predicted octanol–water partition coefficient (Wildman–Crippen LogP) is 1.01. The Morgan fingerprint density at radius 2 is 2.42 bits per heavy atom. The van der Waals surface area contributed by atoms with Gasteiger partial charge in [-0.1, -0.05) is 0 Å². The van der Waals surface area contributed by atoms with E-state index < -0.39 is 0 Å². The van der Waals surface area contributed by atoms with Gasteiger partial charge in [0.2, 0.25) is 11.8 Å². The molecular weight excluding hydrogens is 156 g/mol. The van der Waals surface area contributed by atoms with Crippen molar-refractivity contribution in [3.63, 3.8) is 0 Å². The van der Waals surface area contributed by atoms with E-state index in [0.29, 0.717) is 18.4 Å². The first-order valence-corrected chi connectivity index (χ1v) is 3.57. The van der Waals surface area contributed by atoms with Gasteiger partial charge in [-0.2, -0.15) is 0 Å². The smallest absolute Gasteiger partial charge is 0.213 e. The van der Waals surface area contributed by atoms with Gasteiger partial charge in [0, 0.05) is 12.4 Å². The molecule has 5 nitrogen and oxygen atoms in total. The van der Waals surface area contributed by atoms with Gasteiger partial charge in [0.05, 0.1) is 12.7 Å². The van der Waals surface area contributed by atoms with Crippen LogP contribution in [0.25, 0.3) is 0 Å². The number of hydrogen-bond acceptors (Lipinski definition) is 4. The lowest BCUT2D eigenvalue weighted by Gasteiger charge is -1.96. The van der Waals surface area contributed by atoms with Gasteiger partial charge in [0.25, 0.3) is 0 Å². The van der Waals surface area contributed by atoms with E-state index in [1.165, 1.54) is 0 Å². The maximum Gasteiger partial charge on any atom is 0.213 e. The second-order valence-corrected chi connectivity index (χ2v) is 2.22. The summed E-state index contributed by atoms with van der Waals surface area (Å²) in [7, 11) is 0. The van der Waals surface area contributed by atoms with Gasteiger partial charge in [0.15, 0.2) is 0 Å². The lowest BCUT2D eigenvalue weighted by Crippen LogP contribution is -2.00. The molecule has 0 aliphatic heterocycles. The molecule has 0 aliphatic carbocycles. The number of rotatable bonds is 3. The maximum absolute atomic E-state index is 5.02. The van der Waals surface area contributed by atoms with E-state index in [4.69, 9.17) is 4.42 Å². The fourth-order valence-electron chi connectivity index (χ4n) is 0.862. The SMILES string of the molecule is c1c[nH]c(NCc2ncco2)n1. The highest BCUT2D eigenvalue weighted by atomic mass is 16.3. The topological polar surface area (TPSA) is 66.7 Å². The summed E-state index contributed by atoms with van der Waals surface area (Å²) in [5, 5.41) is 3.00. The Hall–Kier alpha value is -1.78. The summed E-state index contributed by atoms with van der Waals surface area (Å²) in [5.74, 6) is 1.36. The molecule has 2 rings (SSSR count). The van der Waals surface area contributed by atoms with Gasteiger partial charge in [-0.05, 0) is 0 Å². The molecule has 0 atom stereocenters. The van der Waals surface area contributed by atoms with Crippen molar-refractivity contribution < 1.29 is 4.42 Å². The third kappa shape index (κ3) is 1.45. The van der Waals surface area contributed by atoms with Crippen molar-refractivity contribution in [3.8, 4) is 0 Å². The van der Waals surface area contributed by atoms with Crippen molar-refractivity contribution in [2.24, 2.45) is 0 Å². The van der Waals surface area contributed by atoms with Crippen LogP contribution in [-0.4, -0.2) is 15.0 Å². The molecular formula is C7H8N4O. The zero-order chi connectivity index (χ0) is 8.23. The van der Waals surface area contributed by atoms with Crippen molar-refractivity contribution >= 4 is 5.95 Å². The van der Waals surface area contributed by atoms with E-state index in [0.717, 1.165) is 0 Å². The maximum atomic E-state index is 5.02. The molecule has 2 heterocycles. The number of aromatic nitrogens is 3. The lowest BCUT2D eigenvalue weighted by atomic mass is 10.6. The molecule has 0 fully saturated rings. The average molecular weight is 164 g/mol. The highest BCUT2D eigenvalue weighted by Crippen LogP contribution is 1.99. The van der Waals surface area contributed by atoms with Crippen LogP contribution in [0.5, 0.6) is 0 Å². The standard InChI is InChI=1S/C7H8N4O/c1-2-10-7(9-1)11-5-6-8-3-4-12-6/h1-4H,5H2,(H2,9,10,11). The number of H-pyrrole nitrogens is 1. The van der Waals surface area contributed by atoms with Crippen LogP contribution in [0.2, 0.25) is 0 Å². The quantitative estimate of drug-likeness (QED) is 0.710. The first-order chi connectivity index (χ1) is 5.95. The van der Waals surface area contributed by atoms with E-state index in [9.17, 15) is 0 Å². The first-order valence-electron chi connectivity index (χ1n) is 3.57. The zero-order valence-corrected chi connectivity index (χ0v) is 6.32. The van der Waals surface area contributed by atoms with Crippen LogP contribution in [0, 0.1) is 0 Å². The first kappa shape index (κ1) is 6.90. The number of anilines is 1. The Morgan fingerprint density at radius 1 is 1.42 bits per heavy atom. The molecule has 2 N–H and O–H groups in total. The van der Waals surface area contributed by atoms with Crippen molar-refractivity contribution in [1.82, 2.24) is 15.0 Å². The molecule has 0 saturated carbocycles. The highest BCUT2D eigenvalue weighted by molar-refractivity contribution is 5.22. The highest BCUT2D eigenvalue weighted by Gasteiger charge is 1.97. The molecule has 2 aromatic heterocycles. The van der Waals surface area contributed by atoms with E-state index >= 15 is 0 Å².